The highest BCUT2D eigenvalue weighted by molar-refractivity contribution is 7.80. The van der Waals surface area contributed by atoms with Gasteiger partial charge < -0.3 is 14.2 Å². The minimum absolute atomic E-state index is 0.0842. The van der Waals surface area contributed by atoms with E-state index in [1.54, 1.807) is 48.5 Å². The second-order valence-corrected chi connectivity index (χ2v) is 7.87. The number of nitrogens with one attached hydrogen (secondary N) is 3. The van der Waals surface area contributed by atoms with Crippen molar-refractivity contribution >= 4 is 35.1 Å². The smallest absolute Gasteiger partial charge is 0.338 e. The third-order valence-corrected chi connectivity index (χ3v) is 4.78. The van der Waals surface area contributed by atoms with Crippen molar-refractivity contribution in [3.8, 4) is 11.5 Å². The fraction of sp³-hybridized carbons (Fsp3) is 0.360. The quantitative estimate of drug-likeness (QED) is 0.175. The van der Waals surface area contributed by atoms with Crippen LogP contribution in [-0.4, -0.2) is 42.7 Å². The number of para-hydroxylation sites is 1. The lowest BCUT2D eigenvalue weighted by atomic mass is 10.2. The van der Waals surface area contributed by atoms with E-state index in [0.717, 1.165) is 25.7 Å². The first-order valence-corrected chi connectivity index (χ1v) is 11.9. The molecule has 0 aliphatic rings. The number of hydrogen-bond donors (Lipinski definition) is 3. The summed E-state index contributed by atoms with van der Waals surface area (Å²) in [6.07, 6.45) is 3.76. The fourth-order valence-corrected chi connectivity index (χ4v) is 2.94. The molecule has 0 saturated carbocycles. The normalized spacial score (nSPS) is 10.1. The topological polar surface area (TPSA) is 115 Å². The second-order valence-electron chi connectivity index (χ2n) is 7.46. The Morgan fingerprint density at radius 2 is 1.60 bits per heavy atom. The minimum atomic E-state index is -0.521. The number of thiocarbonyl (C=S) groups is 1. The van der Waals surface area contributed by atoms with Crippen molar-refractivity contribution in [2.24, 2.45) is 0 Å². The first kappa shape index (κ1) is 27.6. The number of ether oxygens (including phenoxy) is 3. The SMILES string of the molecule is CCCCCOc1ccccc1C(=O)NC(=S)NNC(=O)COc1ccc(C(=O)OCCC)cc1. The lowest BCUT2D eigenvalue weighted by Gasteiger charge is -2.13. The summed E-state index contributed by atoms with van der Waals surface area (Å²) in [6.45, 7) is 4.58. The molecule has 0 saturated heterocycles. The van der Waals surface area contributed by atoms with Crippen molar-refractivity contribution in [3.63, 3.8) is 0 Å². The maximum atomic E-state index is 12.6. The van der Waals surface area contributed by atoms with E-state index >= 15 is 0 Å². The van der Waals surface area contributed by atoms with Crippen LogP contribution >= 0.6 is 12.2 Å². The molecule has 2 amide bonds. The van der Waals surface area contributed by atoms with Crippen LogP contribution in [0, 0.1) is 0 Å². The van der Waals surface area contributed by atoms with Gasteiger partial charge in [0.2, 0.25) is 0 Å². The van der Waals surface area contributed by atoms with Gasteiger partial charge in [-0.05, 0) is 61.5 Å². The van der Waals surface area contributed by atoms with Gasteiger partial charge in [0.15, 0.2) is 11.7 Å². The molecule has 2 aromatic carbocycles. The number of hydrogen-bond acceptors (Lipinski definition) is 7. The van der Waals surface area contributed by atoms with Crippen LogP contribution in [0.1, 0.15) is 60.2 Å². The number of rotatable bonds is 12. The molecule has 0 atom stereocenters. The molecule has 10 heteroatoms. The largest absolute Gasteiger partial charge is 0.493 e. The van der Waals surface area contributed by atoms with Gasteiger partial charge in [0.25, 0.3) is 11.8 Å². The number of hydrazine groups is 1. The molecule has 2 rings (SSSR count). The van der Waals surface area contributed by atoms with Gasteiger partial charge in [-0.3, -0.25) is 25.8 Å². The highest BCUT2D eigenvalue weighted by Crippen LogP contribution is 2.18. The summed E-state index contributed by atoms with van der Waals surface area (Å²) in [5, 5.41) is 2.42. The predicted octanol–water partition coefficient (Wildman–Crippen LogP) is 3.54. The maximum Gasteiger partial charge on any atom is 0.338 e. The minimum Gasteiger partial charge on any atom is -0.493 e. The van der Waals surface area contributed by atoms with E-state index < -0.39 is 17.8 Å². The molecule has 0 radical (unpaired) electrons. The zero-order valence-corrected chi connectivity index (χ0v) is 20.7. The van der Waals surface area contributed by atoms with Gasteiger partial charge >= 0.3 is 5.97 Å². The van der Waals surface area contributed by atoms with Gasteiger partial charge in [0.05, 0.1) is 24.3 Å². The Kier molecular flexibility index (Phi) is 12.0. The van der Waals surface area contributed by atoms with Gasteiger partial charge in [-0.1, -0.05) is 38.8 Å². The molecule has 3 N–H and O–H groups in total. The molecule has 35 heavy (non-hydrogen) atoms. The Balaban J connectivity index is 1.75. The summed E-state index contributed by atoms with van der Waals surface area (Å²) in [6, 6.07) is 13.1. The first-order valence-electron chi connectivity index (χ1n) is 11.5. The lowest BCUT2D eigenvalue weighted by molar-refractivity contribution is -0.123. The number of unbranched alkanes of at least 4 members (excludes halogenated alkanes) is 2. The predicted molar refractivity (Wildman–Crippen MR) is 135 cm³/mol. The number of carbonyl (C=O) groups is 3. The van der Waals surface area contributed by atoms with E-state index in [-0.39, 0.29) is 11.7 Å². The van der Waals surface area contributed by atoms with Gasteiger partial charge in [0, 0.05) is 0 Å². The molecule has 0 unspecified atom stereocenters. The number of amides is 2. The van der Waals surface area contributed by atoms with Crippen molar-refractivity contribution < 1.29 is 28.6 Å². The third kappa shape index (κ3) is 10.0. The zero-order chi connectivity index (χ0) is 25.5. The van der Waals surface area contributed by atoms with E-state index in [1.807, 2.05) is 6.92 Å². The molecule has 0 aromatic heterocycles. The number of carbonyl (C=O) groups excluding carboxylic acids is 3. The number of benzene rings is 2. The Bertz CT molecular complexity index is 997. The Hall–Kier alpha value is -3.66. The summed E-state index contributed by atoms with van der Waals surface area (Å²) < 4.78 is 16.2. The molecule has 0 aliphatic carbocycles. The van der Waals surface area contributed by atoms with Crippen molar-refractivity contribution in [2.75, 3.05) is 19.8 Å². The van der Waals surface area contributed by atoms with E-state index in [9.17, 15) is 14.4 Å². The van der Waals surface area contributed by atoms with Gasteiger partial charge in [-0.15, -0.1) is 0 Å². The first-order chi connectivity index (χ1) is 16.9. The van der Waals surface area contributed by atoms with Crippen LogP contribution in [0.3, 0.4) is 0 Å². The summed E-state index contributed by atoms with van der Waals surface area (Å²) >= 11 is 5.08. The van der Waals surface area contributed by atoms with Crippen LogP contribution in [0.5, 0.6) is 11.5 Å². The molecule has 0 fully saturated rings. The average Bonchev–Trinajstić information content (AvgIpc) is 2.87. The standard InChI is InChI=1S/C25H31N3O6S/c1-3-5-8-16-32-21-10-7-6-9-20(21)23(30)26-25(35)28-27-22(29)17-34-19-13-11-18(12-14-19)24(31)33-15-4-2/h6-7,9-14H,3-5,8,15-17H2,1-2H3,(H,27,29)(H2,26,28,30,35). The van der Waals surface area contributed by atoms with Gasteiger partial charge in [-0.2, -0.15) is 0 Å². The van der Waals surface area contributed by atoms with Crippen LogP contribution in [0.2, 0.25) is 0 Å². The summed E-state index contributed by atoms with van der Waals surface area (Å²) in [5.74, 6) is -0.532. The Morgan fingerprint density at radius 3 is 2.31 bits per heavy atom. The number of esters is 1. The van der Waals surface area contributed by atoms with E-state index in [1.165, 1.54) is 0 Å². The van der Waals surface area contributed by atoms with Crippen LogP contribution in [0.25, 0.3) is 0 Å². The average molecular weight is 502 g/mol. The zero-order valence-electron chi connectivity index (χ0n) is 19.9. The van der Waals surface area contributed by atoms with E-state index in [0.29, 0.717) is 35.8 Å². The van der Waals surface area contributed by atoms with Crippen LogP contribution in [0.15, 0.2) is 48.5 Å². The summed E-state index contributed by atoms with van der Waals surface area (Å²) in [7, 11) is 0. The molecule has 2 aromatic rings. The van der Waals surface area contributed by atoms with E-state index in [2.05, 4.69) is 23.1 Å². The van der Waals surface area contributed by atoms with Gasteiger partial charge in [0.1, 0.15) is 11.5 Å². The highest BCUT2D eigenvalue weighted by atomic mass is 32.1. The summed E-state index contributed by atoms with van der Waals surface area (Å²) in [5.41, 5.74) is 5.54. The van der Waals surface area contributed by atoms with Crippen molar-refractivity contribution in [1.29, 1.82) is 0 Å². The second kappa shape index (κ2) is 15.3. The van der Waals surface area contributed by atoms with Crippen molar-refractivity contribution in [1.82, 2.24) is 16.2 Å². The van der Waals surface area contributed by atoms with E-state index in [4.69, 9.17) is 26.4 Å². The van der Waals surface area contributed by atoms with Crippen LogP contribution in [0.4, 0.5) is 0 Å². The third-order valence-electron chi connectivity index (χ3n) is 4.58. The monoisotopic (exact) mass is 501 g/mol. The molecule has 0 spiro atoms. The lowest BCUT2D eigenvalue weighted by Crippen LogP contribution is -2.49. The molecular weight excluding hydrogens is 470 g/mol. The molecule has 188 valence electrons. The fourth-order valence-electron chi connectivity index (χ4n) is 2.79. The Labute approximate surface area is 210 Å². The maximum absolute atomic E-state index is 12.6. The van der Waals surface area contributed by atoms with Crippen molar-refractivity contribution in [3.05, 3.63) is 59.7 Å². The van der Waals surface area contributed by atoms with Crippen LogP contribution in [-0.2, 0) is 9.53 Å². The molecule has 0 aliphatic heterocycles. The molecular formula is C25H31N3O6S. The van der Waals surface area contributed by atoms with Crippen molar-refractivity contribution in [2.45, 2.75) is 39.5 Å². The highest BCUT2D eigenvalue weighted by Gasteiger charge is 2.14. The molecule has 0 bridgehead atoms. The Morgan fingerprint density at radius 1 is 0.857 bits per heavy atom. The molecule has 0 heterocycles. The van der Waals surface area contributed by atoms with Gasteiger partial charge in [-0.25, -0.2) is 4.79 Å². The summed E-state index contributed by atoms with van der Waals surface area (Å²) in [4.78, 5) is 36.4. The van der Waals surface area contributed by atoms with Crippen LogP contribution < -0.4 is 25.6 Å². The molecule has 9 nitrogen and oxygen atoms in total.